The maximum absolute atomic E-state index is 12.8. The van der Waals surface area contributed by atoms with Crippen LogP contribution in [0.3, 0.4) is 0 Å². The molecule has 1 atom stereocenters. The number of methoxy groups -OCH3 is 1. The lowest BCUT2D eigenvalue weighted by Gasteiger charge is -2.33. The van der Waals surface area contributed by atoms with Crippen LogP contribution in [0.4, 0.5) is 4.79 Å². The number of hydrogen-bond acceptors (Lipinski definition) is 6. The summed E-state index contributed by atoms with van der Waals surface area (Å²) in [6, 6.07) is 5.83. The van der Waals surface area contributed by atoms with Crippen molar-refractivity contribution in [1.29, 1.82) is 0 Å². The summed E-state index contributed by atoms with van der Waals surface area (Å²) in [5.41, 5.74) is -0.421. The van der Waals surface area contributed by atoms with Crippen LogP contribution in [0.2, 0.25) is 0 Å². The summed E-state index contributed by atoms with van der Waals surface area (Å²) in [7, 11) is 1.30. The van der Waals surface area contributed by atoms with Crippen molar-refractivity contribution in [3.05, 3.63) is 29.8 Å². The van der Waals surface area contributed by atoms with Crippen molar-refractivity contribution in [3.8, 4) is 5.75 Å². The molecule has 8 nitrogen and oxygen atoms in total. The number of nitrogens with one attached hydrogen (secondary N) is 1. The number of aliphatic hydroxyl groups is 1. The summed E-state index contributed by atoms with van der Waals surface area (Å²) < 4.78 is 10.1. The lowest BCUT2D eigenvalue weighted by Crippen LogP contribution is -2.49. The van der Waals surface area contributed by atoms with Crippen LogP contribution in [-0.2, 0) is 9.53 Å². The van der Waals surface area contributed by atoms with Gasteiger partial charge in [-0.2, -0.15) is 0 Å². The number of nitrogens with zero attached hydrogens (tertiary/aromatic N) is 1. The molecule has 152 valence electrons. The van der Waals surface area contributed by atoms with Crippen molar-refractivity contribution in [2.75, 3.05) is 20.3 Å². The van der Waals surface area contributed by atoms with Gasteiger partial charge >= 0.3 is 12.0 Å². The van der Waals surface area contributed by atoms with Crippen LogP contribution in [0, 0.1) is 5.92 Å². The molecule has 1 spiro atoms. The molecule has 0 radical (unpaired) electrons. The van der Waals surface area contributed by atoms with Crippen LogP contribution in [0.5, 0.6) is 5.75 Å². The zero-order valence-corrected chi connectivity index (χ0v) is 16.1. The molecule has 1 aliphatic carbocycles. The molecule has 2 fully saturated rings. The Morgan fingerprint density at radius 2 is 1.93 bits per heavy atom. The van der Waals surface area contributed by atoms with E-state index in [1.807, 2.05) is 0 Å². The highest BCUT2D eigenvalue weighted by molar-refractivity contribution is 6.07. The monoisotopic (exact) mass is 390 g/mol. The summed E-state index contributed by atoms with van der Waals surface area (Å²) in [4.78, 5) is 37.6. The zero-order valence-electron chi connectivity index (χ0n) is 16.1. The molecule has 1 saturated heterocycles. The van der Waals surface area contributed by atoms with Crippen LogP contribution in [0.1, 0.15) is 43.0 Å². The summed E-state index contributed by atoms with van der Waals surface area (Å²) >= 11 is 0. The molecule has 2 N–H and O–H groups in total. The Morgan fingerprint density at radius 1 is 1.29 bits per heavy atom. The standard InChI is InChI=1S/C20H26N2O6/c1-13-7-9-20(10-8-13)18(25)22(19(26)21-20)11-15(23)12-28-16-5-3-14(4-6-16)17(24)27-2/h3-6,13,15,23H,7-12H2,1-2H3,(H,21,26)/t13?,15-,20?/m1/s1. The Labute approximate surface area is 163 Å². The third-order valence-electron chi connectivity index (χ3n) is 5.48. The number of hydrogen-bond donors (Lipinski definition) is 2. The summed E-state index contributed by atoms with van der Waals surface area (Å²) in [6.45, 7) is 1.94. The van der Waals surface area contributed by atoms with Gasteiger partial charge in [-0.3, -0.25) is 9.69 Å². The van der Waals surface area contributed by atoms with Gasteiger partial charge in [-0.25, -0.2) is 9.59 Å². The van der Waals surface area contributed by atoms with Crippen molar-refractivity contribution in [2.24, 2.45) is 5.92 Å². The van der Waals surface area contributed by atoms with Gasteiger partial charge in [0.1, 0.15) is 24.0 Å². The van der Waals surface area contributed by atoms with Crippen molar-refractivity contribution < 1.29 is 29.0 Å². The zero-order chi connectivity index (χ0) is 20.3. The largest absolute Gasteiger partial charge is 0.491 e. The smallest absolute Gasteiger partial charge is 0.337 e. The minimum absolute atomic E-state index is 0.0847. The number of β-amino-alcohol motifs (C(OH)–C–C–N with tert-alkyl or cyclic N) is 1. The third kappa shape index (κ3) is 4.11. The number of esters is 1. The second-order valence-corrected chi connectivity index (χ2v) is 7.59. The van der Waals surface area contributed by atoms with Gasteiger partial charge in [0.2, 0.25) is 0 Å². The van der Waals surface area contributed by atoms with E-state index in [0.717, 1.165) is 17.7 Å². The van der Waals surface area contributed by atoms with E-state index in [9.17, 15) is 19.5 Å². The lowest BCUT2D eigenvalue weighted by atomic mass is 9.77. The number of carbonyl (C=O) groups is 3. The number of rotatable bonds is 6. The number of urea groups is 1. The fraction of sp³-hybridized carbons (Fsp3) is 0.550. The normalized spacial score (nSPS) is 25.5. The highest BCUT2D eigenvalue weighted by Crippen LogP contribution is 2.36. The van der Waals surface area contributed by atoms with Gasteiger partial charge < -0.3 is 19.9 Å². The number of aliphatic hydroxyl groups excluding tert-OH is 1. The Hall–Kier alpha value is -2.61. The molecule has 0 bridgehead atoms. The summed E-state index contributed by atoms with van der Waals surface area (Å²) in [5, 5.41) is 13.1. The maximum atomic E-state index is 12.8. The average molecular weight is 390 g/mol. The summed E-state index contributed by atoms with van der Waals surface area (Å²) in [6.07, 6.45) is 2.04. The highest BCUT2D eigenvalue weighted by Gasteiger charge is 2.52. The SMILES string of the molecule is COC(=O)c1ccc(OC[C@H](O)CN2C(=O)NC3(CCC(C)CC3)C2=O)cc1. The molecule has 2 aliphatic rings. The van der Waals surface area contributed by atoms with Gasteiger partial charge in [-0.1, -0.05) is 6.92 Å². The van der Waals surface area contributed by atoms with Crippen molar-refractivity contribution in [1.82, 2.24) is 10.2 Å². The minimum Gasteiger partial charge on any atom is -0.491 e. The van der Waals surface area contributed by atoms with Gasteiger partial charge in [0.25, 0.3) is 5.91 Å². The molecular formula is C20H26N2O6. The molecule has 1 aromatic carbocycles. The first-order valence-corrected chi connectivity index (χ1v) is 9.48. The fourth-order valence-corrected chi connectivity index (χ4v) is 3.70. The van der Waals surface area contributed by atoms with Crippen LogP contribution in [0.25, 0.3) is 0 Å². The number of carbonyl (C=O) groups excluding carboxylic acids is 3. The van der Waals surface area contributed by atoms with E-state index in [0.29, 0.717) is 30.1 Å². The van der Waals surface area contributed by atoms with Crippen molar-refractivity contribution in [3.63, 3.8) is 0 Å². The first kappa shape index (κ1) is 20.1. The molecule has 1 aliphatic heterocycles. The van der Waals surface area contributed by atoms with Crippen LogP contribution in [0.15, 0.2) is 24.3 Å². The second-order valence-electron chi connectivity index (χ2n) is 7.59. The van der Waals surface area contributed by atoms with Crippen LogP contribution >= 0.6 is 0 Å². The first-order valence-electron chi connectivity index (χ1n) is 9.48. The Morgan fingerprint density at radius 3 is 2.54 bits per heavy atom. The lowest BCUT2D eigenvalue weighted by molar-refractivity contribution is -0.133. The summed E-state index contributed by atoms with van der Waals surface area (Å²) in [5.74, 6) is 0.303. The van der Waals surface area contributed by atoms with Gasteiger partial charge in [-0.05, 0) is 55.9 Å². The molecule has 3 rings (SSSR count). The molecular weight excluding hydrogens is 364 g/mol. The van der Waals surface area contributed by atoms with E-state index in [4.69, 9.17) is 4.74 Å². The molecule has 3 amide bonds. The Kier molecular flexibility index (Phi) is 5.88. The van der Waals surface area contributed by atoms with Crippen LogP contribution < -0.4 is 10.1 Å². The van der Waals surface area contributed by atoms with Crippen molar-refractivity contribution >= 4 is 17.9 Å². The van der Waals surface area contributed by atoms with Gasteiger partial charge in [0.05, 0.1) is 19.2 Å². The quantitative estimate of drug-likeness (QED) is 0.566. The Balaban J connectivity index is 1.53. The molecule has 1 aromatic rings. The first-order chi connectivity index (χ1) is 13.3. The molecule has 1 heterocycles. The Bertz CT molecular complexity index is 740. The number of ether oxygens (including phenoxy) is 2. The molecule has 8 heteroatoms. The third-order valence-corrected chi connectivity index (χ3v) is 5.48. The number of imide groups is 1. The average Bonchev–Trinajstić information content (AvgIpc) is 2.92. The topological polar surface area (TPSA) is 105 Å². The van der Waals surface area contributed by atoms with E-state index in [1.165, 1.54) is 7.11 Å². The predicted molar refractivity (Wildman–Crippen MR) is 99.9 cm³/mol. The highest BCUT2D eigenvalue weighted by atomic mass is 16.5. The minimum atomic E-state index is -1.02. The number of benzene rings is 1. The van der Waals surface area contributed by atoms with E-state index in [2.05, 4.69) is 17.0 Å². The van der Waals surface area contributed by atoms with E-state index in [1.54, 1.807) is 24.3 Å². The van der Waals surface area contributed by atoms with Gasteiger partial charge in [0.15, 0.2) is 0 Å². The van der Waals surface area contributed by atoms with E-state index < -0.39 is 23.6 Å². The fourth-order valence-electron chi connectivity index (χ4n) is 3.70. The van der Waals surface area contributed by atoms with E-state index in [-0.39, 0.29) is 19.1 Å². The molecule has 0 unspecified atom stereocenters. The molecule has 0 aromatic heterocycles. The van der Waals surface area contributed by atoms with Crippen LogP contribution in [-0.4, -0.2) is 59.8 Å². The predicted octanol–water partition coefficient (Wildman–Crippen LogP) is 1.71. The molecule has 1 saturated carbocycles. The van der Waals surface area contributed by atoms with Crippen molar-refractivity contribution in [2.45, 2.75) is 44.2 Å². The maximum Gasteiger partial charge on any atom is 0.337 e. The van der Waals surface area contributed by atoms with Gasteiger partial charge in [-0.15, -0.1) is 0 Å². The van der Waals surface area contributed by atoms with E-state index >= 15 is 0 Å². The number of amides is 3. The van der Waals surface area contributed by atoms with Gasteiger partial charge in [0, 0.05) is 0 Å². The molecule has 28 heavy (non-hydrogen) atoms. The second kappa shape index (κ2) is 8.18.